The summed E-state index contributed by atoms with van der Waals surface area (Å²) in [6.45, 7) is 9.67. The van der Waals surface area contributed by atoms with Gasteiger partial charge in [0.05, 0.1) is 5.01 Å². The van der Waals surface area contributed by atoms with Gasteiger partial charge >= 0.3 is 0 Å². The Balaban J connectivity index is 1.86. The minimum atomic E-state index is 0.134. The van der Waals surface area contributed by atoms with Gasteiger partial charge in [0, 0.05) is 34.1 Å². The number of halogens is 1. The number of benzene rings is 1. The van der Waals surface area contributed by atoms with Crippen molar-refractivity contribution in [1.29, 1.82) is 0 Å². The molecule has 2 rings (SSSR count). The molecule has 1 unspecified atom stereocenters. The molecule has 2 aromatic rings. The fourth-order valence-electron chi connectivity index (χ4n) is 2.10. The predicted molar refractivity (Wildman–Crippen MR) is 92.3 cm³/mol. The van der Waals surface area contributed by atoms with E-state index < -0.39 is 0 Å². The Morgan fingerprint density at radius 3 is 2.71 bits per heavy atom. The summed E-state index contributed by atoms with van der Waals surface area (Å²) in [6, 6.07) is 8.47. The molecule has 0 aliphatic carbocycles. The van der Waals surface area contributed by atoms with Gasteiger partial charge in [0.2, 0.25) is 0 Å². The summed E-state index contributed by atoms with van der Waals surface area (Å²) in [5.74, 6) is 0. The average Bonchev–Trinajstić information content (AvgIpc) is 2.85. The quantitative estimate of drug-likeness (QED) is 0.854. The minimum Gasteiger partial charge on any atom is -0.309 e. The molecule has 1 aromatic carbocycles. The minimum absolute atomic E-state index is 0.134. The zero-order valence-corrected chi connectivity index (χ0v) is 14.7. The van der Waals surface area contributed by atoms with Crippen molar-refractivity contribution in [2.45, 2.75) is 52.1 Å². The second-order valence-corrected chi connectivity index (χ2v) is 8.05. The van der Waals surface area contributed by atoms with E-state index in [4.69, 9.17) is 11.6 Å². The van der Waals surface area contributed by atoms with Crippen LogP contribution in [0.3, 0.4) is 0 Å². The van der Waals surface area contributed by atoms with Crippen LogP contribution in [-0.2, 0) is 18.4 Å². The van der Waals surface area contributed by atoms with E-state index in [-0.39, 0.29) is 5.41 Å². The molecule has 0 spiro atoms. The Hall–Kier alpha value is -0.900. The first-order chi connectivity index (χ1) is 9.84. The van der Waals surface area contributed by atoms with Gasteiger partial charge in [0.15, 0.2) is 0 Å². The summed E-state index contributed by atoms with van der Waals surface area (Å²) >= 11 is 7.82. The number of hydrogen-bond donors (Lipinski definition) is 1. The largest absolute Gasteiger partial charge is 0.309 e. The van der Waals surface area contributed by atoms with Crippen LogP contribution in [0, 0.1) is 0 Å². The molecule has 1 N–H and O–H groups in total. The summed E-state index contributed by atoms with van der Waals surface area (Å²) in [5.41, 5.74) is 1.40. The molecule has 0 radical (unpaired) electrons. The summed E-state index contributed by atoms with van der Waals surface area (Å²) in [7, 11) is 0. The maximum absolute atomic E-state index is 6.02. The van der Waals surface area contributed by atoms with E-state index in [2.05, 4.69) is 44.1 Å². The second kappa shape index (κ2) is 6.91. The zero-order valence-electron chi connectivity index (χ0n) is 13.1. The zero-order chi connectivity index (χ0) is 15.5. The molecule has 0 saturated heterocycles. The van der Waals surface area contributed by atoms with E-state index in [1.165, 1.54) is 15.4 Å². The van der Waals surface area contributed by atoms with Crippen LogP contribution in [0.2, 0.25) is 5.02 Å². The van der Waals surface area contributed by atoms with Gasteiger partial charge in [-0.1, -0.05) is 44.5 Å². The third-order valence-corrected chi connectivity index (χ3v) is 4.91. The summed E-state index contributed by atoms with van der Waals surface area (Å²) in [5, 5.41) is 5.56. The predicted octanol–water partition coefficient (Wildman–Crippen LogP) is 4.81. The fourth-order valence-corrected chi connectivity index (χ4v) is 3.23. The van der Waals surface area contributed by atoms with E-state index in [9.17, 15) is 0 Å². The molecule has 0 amide bonds. The SMILES string of the molecule is CC(Cc1cccc(Cl)c1)NCc1cnc(C(C)(C)C)s1. The Labute approximate surface area is 136 Å². The lowest BCUT2D eigenvalue weighted by Gasteiger charge is -2.14. The number of hydrogen-bond acceptors (Lipinski definition) is 3. The van der Waals surface area contributed by atoms with Crippen LogP contribution in [0.1, 0.15) is 43.1 Å². The van der Waals surface area contributed by atoms with Gasteiger partial charge in [-0.15, -0.1) is 11.3 Å². The molecule has 0 fully saturated rings. The van der Waals surface area contributed by atoms with Crippen LogP contribution in [-0.4, -0.2) is 11.0 Å². The highest BCUT2D eigenvalue weighted by Gasteiger charge is 2.18. The van der Waals surface area contributed by atoms with Crippen molar-refractivity contribution < 1.29 is 0 Å². The molecule has 114 valence electrons. The molecule has 0 saturated carbocycles. The molecule has 0 aliphatic heterocycles. The van der Waals surface area contributed by atoms with Gasteiger partial charge < -0.3 is 5.32 Å². The van der Waals surface area contributed by atoms with Crippen molar-refractivity contribution in [1.82, 2.24) is 10.3 Å². The Kier molecular flexibility index (Phi) is 5.42. The lowest BCUT2D eigenvalue weighted by atomic mass is 9.98. The van der Waals surface area contributed by atoms with Gasteiger partial charge in [-0.05, 0) is 31.0 Å². The van der Waals surface area contributed by atoms with E-state index in [0.717, 1.165) is 18.0 Å². The summed E-state index contributed by atoms with van der Waals surface area (Å²) < 4.78 is 0. The molecule has 2 nitrogen and oxygen atoms in total. The first kappa shape index (κ1) is 16.5. The monoisotopic (exact) mass is 322 g/mol. The van der Waals surface area contributed by atoms with Crippen LogP contribution < -0.4 is 5.32 Å². The standard InChI is InChI=1S/C17H23ClN2S/c1-12(8-13-6-5-7-14(18)9-13)19-10-15-11-20-16(21-15)17(2,3)4/h5-7,9,11-12,19H,8,10H2,1-4H3. The Bertz CT molecular complexity index is 586. The van der Waals surface area contributed by atoms with Crippen LogP contribution in [0.25, 0.3) is 0 Å². The van der Waals surface area contributed by atoms with Gasteiger partial charge in [-0.2, -0.15) is 0 Å². The van der Waals surface area contributed by atoms with E-state index in [1.54, 1.807) is 11.3 Å². The average molecular weight is 323 g/mol. The fraction of sp³-hybridized carbons (Fsp3) is 0.471. The van der Waals surface area contributed by atoms with Crippen molar-refractivity contribution in [3.05, 3.63) is 50.9 Å². The van der Waals surface area contributed by atoms with Crippen LogP contribution in [0.15, 0.2) is 30.5 Å². The highest BCUT2D eigenvalue weighted by Crippen LogP contribution is 2.26. The summed E-state index contributed by atoms with van der Waals surface area (Å²) in [6.07, 6.45) is 2.97. The third-order valence-electron chi connectivity index (χ3n) is 3.25. The lowest BCUT2D eigenvalue weighted by molar-refractivity contribution is 0.548. The molecule has 0 aliphatic rings. The maximum Gasteiger partial charge on any atom is 0.0981 e. The third kappa shape index (κ3) is 5.10. The van der Waals surface area contributed by atoms with Crippen molar-refractivity contribution in [2.24, 2.45) is 0 Å². The molecule has 1 heterocycles. The number of nitrogens with one attached hydrogen (secondary N) is 1. The number of rotatable bonds is 5. The van der Waals surface area contributed by atoms with Crippen molar-refractivity contribution >= 4 is 22.9 Å². The van der Waals surface area contributed by atoms with Crippen molar-refractivity contribution in [2.75, 3.05) is 0 Å². The molecule has 1 atom stereocenters. The topological polar surface area (TPSA) is 24.9 Å². The van der Waals surface area contributed by atoms with Gasteiger partial charge in [0.1, 0.15) is 0 Å². The van der Waals surface area contributed by atoms with Crippen molar-refractivity contribution in [3.63, 3.8) is 0 Å². The lowest BCUT2D eigenvalue weighted by Crippen LogP contribution is -2.27. The molecule has 0 bridgehead atoms. The summed E-state index contributed by atoms with van der Waals surface area (Å²) in [4.78, 5) is 5.81. The Morgan fingerprint density at radius 1 is 1.33 bits per heavy atom. The van der Waals surface area contributed by atoms with E-state index in [1.807, 2.05) is 24.4 Å². The highest BCUT2D eigenvalue weighted by atomic mass is 35.5. The molecule has 4 heteroatoms. The normalized spacial score (nSPS) is 13.4. The van der Waals surface area contributed by atoms with Gasteiger partial charge in [-0.3, -0.25) is 0 Å². The van der Waals surface area contributed by atoms with Gasteiger partial charge in [-0.25, -0.2) is 4.98 Å². The number of nitrogens with zero attached hydrogens (tertiary/aromatic N) is 1. The van der Waals surface area contributed by atoms with Crippen LogP contribution in [0.4, 0.5) is 0 Å². The smallest absolute Gasteiger partial charge is 0.0981 e. The van der Waals surface area contributed by atoms with Crippen molar-refractivity contribution in [3.8, 4) is 0 Å². The number of thiazole rings is 1. The second-order valence-electron chi connectivity index (χ2n) is 6.50. The van der Waals surface area contributed by atoms with E-state index >= 15 is 0 Å². The van der Waals surface area contributed by atoms with Gasteiger partial charge in [0.25, 0.3) is 0 Å². The molecular weight excluding hydrogens is 300 g/mol. The first-order valence-corrected chi connectivity index (χ1v) is 8.47. The first-order valence-electron chi connectivity index (χ1n) is 7.27. The molecule has 1 aromatic heterocycles. The van der Waals surface area contributed by atoms with Crippen LogP contribution >= 0.6 is 22.9 Å². The van der Waals surface area contributed by atoms with Crippen LogP contribution in [0.5, 0.6) is 0 Å². The maximum atomic E-state index is 6.02. The Morgan fingerprint density at radius 2 is 2.10 bits per heavy atom. The highest BCUT2D eigenvalue weighted by molar-refractivity contribution is 7.11. The molecule has 21 heavy (non-hydrogen) atoms. The number of aromatic nitrogens is 1. The van der Waals surface area contributed by atoms with E-state index in [0.29, 0.717) is 6.04 Å². The molecular formula is C17H23ClN2S.